The molecule has 2 bridgehead atoms. The van der Waals surface area contributed by atoms with Gasteiger partial charge in [0.2, 0.25) is 0 Å². The van der Waals surface area contributed by atoms with Crippen molar-refractivity contribution < 1.29 is 4.74 Å². The monoisotopic (exact) mass is 238 g/mol. The zero-order chi connectivity index (χ0) is 11.8. The second-order valence-corrected chi connectivity index (χ2v) is 6.40. The molecule has 3 aliphatic rings. The summed E-state index contributed by atoms with van der Waals surface area (Å²) in [4.78, 5) is 0. The molecule has 3 rings (SSSR count). The number of hydrogen-bond acceptors (Lipinski definition) is 3. The van der Waals surface area contributed by atoms with E-state index < -0.39 is 0 Å². The Labute approximate surface area is 104 Å². The van der Waals surface area contributed by atoms with Crippen molar-refractivity contribution >= 4 is 0 Å². The molecule has 17 heavy (non-hydrogen) atoms. The molecule has 6 atom stereocenters. The second-order valence-electron chi connectivity index (χ2n) is 6.40. The van der Waals surface area contributed by atoms with E-state index in [2.05, 4.69) is 12.2 Å². The normalized spacial score (nSPS) is 46.6. The van der Waals surface area contributed by atoms with Gasteiger partial charge in [-0.25, -0.2) is 0 Å². The van der Waals surface area contributed by atoms with Gasteiger partial charge >= 0.3 is 0 Å². The van der Waals surface area contributed by atoms with E-state index in [0.29, 0.717) is 18.0 Å². The molecule has 0 spiro atoms. The molecule has 0 radical (unpaired) electrons. The molecule has 0 amide bonds. The fourth-order valence-corrected chi connectivity index (χ4v) is 4.19. The van der Waals surface area contributed by atoms with Crippen LogP contribution in [0.2, 0.25) is 0 Å². The van der Waals surface area contributed by atoms with Crippen LogP contribution in [-0.2, 0) is 4.74 Å². The van der Waals surface area contributed by atoms with E-state index in [9.17, 15) is 0 Å². The minimum atomic E-state index is 0.466. The Morgan fingerprint density at radius 1 is 1.29 bits per heavy atom. The fourth-order valence-electron chi connectivity index (χ4n) is 4.19. The van der Waals surface area contributed by atoms with Gasteiger partial charge in [0.05, 0.1) is 6.61 Å². The van der Waals surface area contributed by atoms with Crippen LogP contribution in [0.3, 0.4) is 0 Å². The van der Waals surface area contributed by atoms with Crippen molar-refractivity contribution in [1.82, 2.24) is 5.32 Å². The first-order valence-electron chi connectivity index (χ1n) is 7.32. The Morgan fingerprint density at radius 3 is 2.76 bits per heavy atom. The highest BCUT2D eigenvalue weighted by Gasteiger charge is 2.45. The fraction of sp³-hybridized carbons (Fsp3) is 1.00. The quantitative estimate of drug-likeness (QED) is 0.778. The van der Waals surface area contributed by atoms with E-state index in [1.165, 1.54) is 25.7 Å². The van der Waals surface area contributed by atoms with Gasteiger partial charge in [-0.2, -0.15) is 0 Å². The molecule has 1 heterocycles. The average molecular weight is 238 g/mol. The smallest absolute Gasteiger partial charge is 0.0509 e. The Bertz CT molecular complexity index is 263. The predicted molar refractivity (Wildman–Crippen MR) is 68.7 cm³/mol. The van der Waals surface area contributed by atoms with Crippen LogP contribution >= 0.6 is 0 Å². The van der Waals surface area contributed by atoms with E-state index in [-0.39, 0.29) is 0 Å². The number of nitrogens with one attached hydrogen (secondary N) is 1. The third-order valence-electron chi connectivity index (χ3n) is 5.51. The summed E-state index contributed by atoms with van der Waals surface area (Å²) >= 11 is 0. The van der Waals surface area contributed by atoms with Crippen LogP contribution in [0.25, 0.3) is 0 Å². The zero-order valence-electron chi connectivity index (χ0n) is 10.9. The summed E-state index contributed by atoms with van der Waals surface area (Å²) in [6, 6.07) is 1.05. The first-order chi connectivity index (χ1) is 8.25. The number of fused-ring (bicyclic) bond motifs is 2. The molecule has 0 aromatic carbocycles. The molecular weight excluding hydrogens is 212 g/mol. The van der Waals surface area contributed by atoms with Gasteiger partial charge in [-0.3, -0.25) is 0 Å². The maximum atomic E-state index is 6.34. The van der Waals surface area contributed by atoms with Crippen LogP contribution in [0, 0.1) is 23.7 Å². The summed E-state index contributed by atoms with van der Waals surface area (Å²) in [6.45, 7) is 5.32. The first-order valence-corrected chi connectivity index (χ1v) is 7.32. The van der Waals surface area contributed by atoms with Crippen molar-refractivity contribution in [3.63, 3.8) is 0 Å². The lowest BCUT2D eigenvalue weighted by Gasteiger charge is -2.30. The van der Waals surface area contributed by atoms with Gasteiger partial charge < -0.3 is 15.8 Å². The number of rotatable bonds is 4. The average Bonchev–Trinajstić information content (AvgIpc) is 3.04. The van der Waals surface area contributed by atoms with Crippen LogP contribution in [0.1, 0.15) is 32.6 Å². The van der Waals surface area contributed by atoms with Crippen molar-refractivity contribution in [3.8, 4) is 0 Å². The maximum Gasteiger partial charge on any atom is 0.0509 e. The van der Waals surface area contributed by atoms with E-state index in [1.807, 2.05) is 0 Å². The lowest BCUT2D eigenvalue weighted by molar-refractivity contribution is 0.175. The SMILES string of the molecule is CC(NCC1C2CCC(C2)C1N)C1CCOC1. The largest absolute Gasteiger partial charge is 0.381 e. The number of hydrogen-bond donors (Lipinski definition) is 2. The van der Waals surface area contributed by atoms with Crippen molar-refractivity contribution in [2.45, 2.75) is 44.7 Å². The lowest BCUT2D eigenvalue weighted by Crippen LogP contribution is -2.45. The lowest BCUT2D eigenvalue weighted by atomic mass is 9.84. The summed E-state index contributed by atoms with van der Waals surface area (Å²) in [5, 5.41) is 3.72. The predicted octanol–water partition coefficient (Wildman–Crippen LogP) is 1.37. The van der Waals surface area contributed by atoms with E-state index in [1.54, 1.807) is 0 Å². The van der Waals surface area contributed by atoms with Crippen LogP contribution in [-0.4, -0.2) is 31.8 Å². The summed E-state index contributed by atoms with van der Waals surface area (Å²) < 4.78 is 5.46. The molecule has 2 saturated carbocycles. The topological polar surface area (TPSA) is 47.3 Å². The molecule has 3 N–H and O–H groups in total. The van der Waals surface area contributed by atoms with Gasteiger partial charge in [-0.1, -0.05) is 0 Å². The van der Waals surface area contributed by atoms with Gasteiger partial charge in [-0.05, 0) is 62.8 Å². The Morgan fingerprint density at radius 2 is 2.12 bits per heavy atom. The van der Waals surface area contributed by atoms with Crippen molar-refractivity contribution in [3.05, 3.63) is 0 Å². The molecule has 3 heteroatoms. The van der Waals surface area contributed by atoms with Crippen LogP contribution in [0.5, 0.6) is 0 Å². The minimum absolute atomic E-state index is 0.466. The van der Waals surface area contributed by atoms with Crippen LogP contribution in [0.4, 0.5) is 0 Å². The molecule has 0 aromatic heterocycles. The van der Waals surface area contributed by atoms with Crippen molar-refractivity contribution in [2.75, 3.05) is 19.8 Å². The maximum absolute atomic E-state index is 6.34. The molecule has 0 aromatic rings. The highest BCUT2D eigenvalue weighted by Crippen LogP contribution is 2.47. The molecule has 6 unspecified atom stereocenters. The molecule has 1 aliphatic heterocycles. The zero-order valence-corrected chi connectivity index (χ0v) is 10.9. The Kier molecular flexibility index (Phi) is 3.42. The second kappa shape index (κ2) is 4.87. The highest BCUT2D eigenvalue weighted by molar-refractivity contribution is 4.99. The molecule has 3 nitrogen and oxygen atoms in total. The van der Waals surface area contributed by atoms with Crippen molar-refractivity contribution in [2.24, 2.45) is 29.4 Å². The Hall–Kier alpha value is -0.120. The summed E-state index contributed by atoms with van der Waals surface area (Å²) in [5.74, 6) is 3.19. The number of ether oxygens (including phenoxy) is 1. The third-order valence-corrected chi connectivity index (χ3v) is 5.51. The minimum Gasteiger partial charge on any atom is -0.381 e. The standard InChI is InChI=1S/C14H26N2O/c1-9(12-4-5-17-8-12)16-7-13-10-2-3-11(6-10)14(13)15/h9-14,16H,2-8,15H2,1H3. The summed E-state index contributed by atoms with van der Waals surface area (Å²) in [7, 11) is 0. The first kappa shape index (κ1) is 11.9. The van der Waals surface area contributed by atoms with Gasteiger partial charge in [0.1, 0.15) is 0 Å². The van der Waals surface area contributed by atoms with Gasteiger partial charge in [0.15, 0.2) is 0 Å². The van der Waals surface area contributed by atoms with Crippen molar-refractivity contribution in [1.29, 1.82) is 0 Å². The highest BCUT2D eigenvalue weighted by atomic mass is 16.5. The molecular formula is C14H26N2O. The van der Waals surface area contributed by atoms with Crippen LogP contribution in [0.15, 0.2) is 0 Å². The van der Waals surface area contributed by atoms with Gasteiger partial charge in [-0.15, -0.1) is 0 Å². The third kappa shape index (κ3) is 2.25. The molecule has 3 fully saturated rings. The molecule has 1 saturated heterocycles. The van der Waals surface area contributed by atoms with E-state index in [4.69, 9.17) is 10.5 Å². The van der Waals surface area contributed by atoms with Gasteiger partial charge in [0, 0.05) is 18.7 Å². The van der Waals surface area contributed by atoms with E-state index >= 15 is 0 Å². The van der Waals surface area contributed by atoms with E-state index in [0.717, 1.165) is 37.5 Å². The molecule has 2 aliphatic carbocycles. The molecule has 98 valence electrons. The Balaban J connectivity index is 1.47. The summed E-state index contributed by atoms with van der Waals surface area (Å²) in [5.41, 5.74) is 6.34. The van der Waals surface area contributed by atoms with Gasteiger partial charge in [0.25, 0.3) is 0 Å². The van der Waals surface area contributed by atoms with Crippen LogP contribution < -0.4 is 11.1 Å². The number of nitrogens with two attached hydrogens (primary N) is 1. The summed E-state index contributed by atoms with van der Waals surface area (Å²) in [6.07, 6.45) is 5.42.